The summed E-state index contributed by atoms with van der Waals surface area (Å²) in [4.78, 5) is 0. The van der Waals surface area contributed by atoms with Crippen molar-refractivity contribution in [2.75, 3.05) is 0 Å². The van der Waals surface area contributed by atoms with Crippen LogP contribution < -0.4 is 0 Å². The van der Waals surface area contributed by atoms with E-state index in [0.29, 0.717) is 18.4 Å². The van der Waals surface area contributed by atoms with Crippen LogP contribution >= 0.6 is 0 Å². The van der Waals surface area contributed by atoms with Crippen LogP contribution in [0.4, 0.5) is 22.0 Å². The van der Waals surface area contributed by atoms with E-state index in [1.165, 1.54) is 0 Å². The van der Waals surface area contributed by atoms with Gasteiger partial charge >= 0.3 is 12.1 Å². The van der Waals surface area contributed by atoms with Gasteiger partial charge in [0.2, 0.25) is 0 Å². The molecule has 5 heteroatoms. The van der Waals surface area contributed by atoms with E-state index in [1.807, 2.05) is 19.1 Å². The average molecular weight is 278 g/mol. The standard InChI is InChI=1S/C14H15F5/c1-9-5-6-10-3-2-4-11(12(10)7-9)8-13(15,16)14(17,18)19/h5-7,11H,2-4,8H2,1H3. The molecule has 2 rings (SSSR count). The molecule has 19 heavy (non-hydrogen) atoms. The number of halogens is 5. The first-order valence-electron chi connectivity index (χ1n) is 6.25. The smallest absolute Gasteiger partial charge is 0.196 e. The van der Waals surface area contributed by atoms with Crippen LogP contribution in [0.1, 0.15) is 41.9 Å². The summed E-state index contributed by atoms with van der Waals surface area (Å²) in [5.74, 6) is -5.32. The van der Waals surface area contributed by atoms with Gasteiger partial charge in [-0.15, -0.1) is 0 Å². The highest BCUT2D eigenvalue weighted by molar-refractivity contribution is 5.36. The van der Waals surface area contributed by atoms with Crippen LogP contribution in [0, 0.1) is 6.92 Å². The maximum Gasteiger partial charge on any atom is 0.453 e. The molecule has 0 saturated heterocycles. The summed E-state index contributed by atoms with van der Waals surface area (Å²) in [5, 5.41) is 0. The third-order valence-corrected chi connectivity index (χ3v) is 3.66. The van der Waals surface area contributed by atoms with Gasteiger partial charge in [-0.3, -0.25) is 0 Å². The van der Waals surface area contributed by atoms with E-state index < -0.39 is 24.4 Å². The van der Waals surface area contributed by atoms with Crippen LogP contribution in [0.3, 0.4) is 0 Å². The Hall–Kier alpha value is -1.13. The number of rotatable bonds is 2. The average Bonchev–Trinajstić information content (AvgIpc) is 2.28. The Balaban J connectivity index is 2.27. The summed E-state index contributed by atoms with van der Waals surface area (Å²) < 4.78 is 63.3. The fourth-order valence-corrected chi connectivity index (χ4v) is 2.65. The molecule has 0 heterocycles. The highest BCUT2D eigenvalue weighted by Gasteiger charge is 2.58. The van der Waals surface area contributed by atoms with Crippen LogP contribution in [0.15, 0.2) is 18.2 Å². The van der Waals surface area contributed by atoms with Gasteiger partial charge in [-0.2, -0.15) is 22.0 Å². The van der Waals surface area contributed by atoms with Crippen molar-refractivity contribution >= 4 is 0 Å². The zero-order valence-corrected chi connectivity index (χ0v) is 10.5. The number of hydrogen-bond acceptors (Lipinski definition) is 0. The van der Waals surface area contributed by atoms with E-state index >= 15 is 0 Å². The Morgan fingerprint density at radius 3 is 2.47 bits per heavy atom. The SMILES string of the molecule is Cc1ccc2c(c1)C(CC(F)(F)C(F)(F)F)CCC2. The van der Waals surface area contributed by atoms with E-state index in [4.69, 9.17) is 0 Å². The summed E-state index contributed by atoms with van der Waals surface area (Å²) >= 11 is 0. The van der Waals surface area contributed by atoms with Gasteiger partial charge in [0.05, 0.1) is 0 Å². The molecular weight excluding hydrogens is 263 g/mol. The lowest BCUT2D eigenvalue weighted by atomic mass is 9.79. The third kappa shape index (κ3) is 2.90. The second kappa shape index (κ2) is 4.76. The minimum atomic E-state index is -5.46. The van der Waals surface area contributed by atoms with Gasteiger partial charge in [0, 0.05) is 6.42 Å². The molecule has 1 atom stereocenters. The predicted molar refractivity (Wildman–Crippen MR) is 62.5 cm³/mol. The number of alkyl halides is 5. The van der Waals surface area contributed by atoms with E-state index in [9.17, 15) is 22.0 Å². The summed E-state index contributed by atoms with van der Waals surface area (Å²) in [7, 11) is 0. The Morgan fingerprint density at radius 2 is 1.84 bits per heavy atom. The van der Waals surface area contributed by atoms with Gasteiger partial charge in [0.1, 0.15) is 0 Å². The monoisotopic (exact) mass is 278 g/mol. The van der Waals surface area contributed by atoms with E-state index in [1.54, 1.807) is 6.07 Å². The minimum Gasteiger partial charge on any atom is -0.196 e. The molecule has 0 spiro atoms. The quantitative estimate of drug-likeness (QED) is 0.668. The van der Waals surface area contributed by atoms with Crippen molar-refractivity contribution in [2.45, 2.75) is 50.6 Å². The largest absolute Gasteiger partial charge is 0.453 e. The third-order valence-electron chi connectivity index (χ3n) is 3.66. The number of fused-ring (bicyclic) bond motifs is 1. The van der Waals surface area contributed by atoms with Gasteiger partial charge in [-0.1, -0.05) is 23.8 Å². The second-order valence-electron chi connectivity index (χ2n) is 5.20. The maximum atomic E-state index is 13.2. The Morgan fingerprint density at radius 1 is 1.16 bits per heavy atom. The van der Waals surface area contributed by atoms with E-state index in [-0.39, 0.29) is 0 Å². The van der Waals surface area contributed by atoms with Crippen molar-refractivity contribution in [2.24, 2.45) is 0 Å². The zero-order chi connectivity index (χ0) is 14.3. The summed E-state index contributed by atoms with van der Waals surface area (Å²) in [6, 6.07) is 5.44. The van der Waals surface area contributed by atoms with E-state index in [0.717, 1.165) is 17.5 Å². The summed E-state index contributed by atoms with van der Waals surface area (Å²) in [5.41, 5.74) is 2.45. The van der Waals surface area contributed by atoms with Gasteiger partial charge in [-0.25, -0.2) is 0 Å². The number of aryl methyl sites for hydroxylation is 2. The molecule has 106 valence electrons. The van der Waals surface area contributed by atoms with Crippen molar-refractivity contribution in [1.29, 1.82) is 0 Å². The van der Waals surface area contributed by atoms with Crippen molar-refractivity contribution < 1.29 is 22.0 Å². The zero-order valence-electron chi connectivity index (χ0n) is 10.5. The van der Waals surface area contributed by atoms with Gasteiger partial charge in [-0.05, 0) is 43.2 Å². The Labute approximate surface area is 108 Å². The molecule has 1 aromatic carbocycles. The van der Waals surface area contributed by atoms with Crippen molar-refractivity contribution in [3.05, 3.63) is 34.9 Å². The summed E-state index contributed by atoms with van der Waals surface area (Å²) in [6.07, 6.45) is -4.80. The lowest BCUT2D eigenvalue weighted by Crippen LogP contribution is -2.38. The Bertz CT molecular complexity index is 461. The highest BCUT2D eigenvalue weighted by Crippen LogP contribution is 2.45. The molecule has 0 amide bonds. The fourth-order valence-electron chi connectivity index (χ4n) is 2.65. The normalized spacial score (nSPS) is 20.2. The number of benzene rings is 1. The first-order chi connectivity index (χ1) is 8.71. The second-order valence-corrected chi connectivity index (χ2v) is 5.20. The van der Waals surface area contributed by atoms with Crippen LogP contribution in [0.5, 0.6) is 0 Å². The van der Waals surface area contributed by atoms with Crippen LogP contribution in [-0.2, 0) is 6.42 Å². The van der Waals surface area contributed by atoms with Gasteiger partial charge < -0.3 is 0 Å². The highest BCUT2D eigenvalue weighted by atomic mass is 19.4. The first kappa shape index (κ1) is 14.3. The fraction of sp³-hybridized carbons (Fsp3) is 0.571. The molecular formula is C14H15F5. The lowest BCUT2D eigenvalue weighted by Gasteiger charge is -2.30. The van der Waals surface area contributed by atoms with Crippen LogP contribution in [0.2, 0.25) is 0 Å². The molecule has 0 aliphatic heterocycles. The maximum absolute atomic E-state index is 13.2. The molecule has 1 aliphatic rings. The van der Waals surface area contributed by atoms with Crippen molar-refractivity contribution in [1.82, 2.24) is 0 Å². The van der Waals surface area contributed by atoms with Crippen molar-refractivity contribution in [3.63, 3.8) is 0 Å². The van der Waals surface area contributed by atoms with Crippen LogP contribution in [0.25, 0.3) is 0 Å². The number of hydrogen-bond donors (Lipinski definition) is 0. The summed E-state index contributed by atoms with van der Waals surface area (Å²) in [6.45, 7) is 1.81. The topological polar surface area (TPSA) is 0 Å². The van der Waals surface area contributed by atoms with Crippen molar-refractivity contribution in [3.8, 4) is 0 Å². The molecule has 1 aliphatic carbocycles. The van der Waals surface area contributed by atoms with Gasteiger partial charge in [0.15, 0.2) is 0 Å². The molecule has 0 bridgehead atoms. The molecule has 0 radical (unpaired) electrons. The lowest BCUT2D eigenvalue weighted by molar-refractivity contribution is -0.286. The predicted octanol–water partition coefficient (Wildman–Crippen LogP) is 5.00. The minimum absolute atomic E-state index is 0.391. The first-order valence-corrected chi connectivity index (χ1v) is 6.25. The molecule has 1 aromatic rings. The molecule has 0 fully saturated rings. The molecule has 0 N–H and O–H groups in total. The van der Waals surface area contributed by atoms with E-state index in [2.05, 4.69) is 0 Å². The Kier molecular flexibility index (Phi) is 3.58. The molecule has 1 unspecified atom stereocenters. The van der Waals surface area contributed by atoms with Crippen LogP contribution in [-0.4, -0.2) is 12.1 Å². The molecule has 0 aromatic heterocycles. The molecule has 0 nitrogen and oxygen atoms in total. The molecule has 0 saturated carbocycles. The van der Waals surface area contributed by atoms with Gasteiger partial charge in [0.25, 0.3) is 0 Å².